The maximum atomic E-state index is 13.6. The molecule has 1 aliphatic heterocycles. The minimum absolute atomic E-state index is 0.407. The standard InChI is InChI=1S/C39H55BrN9O2P/c1-10-27-23-33(35(51-7)25-34(27)48(6)18-17-29(11-2)49-21-19-47(5)20-22-49)44-39-41-26-30(40)38(45-39)43-32-16-15-28(24-36(32)52(8,9)50)31-13-12-14-37(42-31)46(3)4/h12-16,23-26,29H,10-11,17-22H2,1-9H3,(H2,41,43,44,45). The smallest absolute Gasteiger partial charge is 0.229 e. The Morgan fingerprint density at radius 1 is 0.981 bits per heavy atom. The van der Waals surface area contributed by atoms with Crippen LogP contribution < -0.4 is 30.5 Å². The van der Waals surface area contributed by atoms with Crippen molar-refractivity contribution in [3.63, 3.8) is 0 Å². The van der Waals surface area contributed by atoms with E-state index in [9.17, 15) is 4.57 Å². The summed E-state index contributed by atoms with van der Waals surface area (Å²) in [5, 5.41) is 7.55. The Morgan fingerprint density at radius 2 is 1.73 bits per heavy atom. The molecule has 1 unspecified atom stereocenters. The third-order valence-electron chi connectivity index (χ3n) is 9.83. The predicted octanol–water partition coefficient (Wildman–Crippen LogP) is 7.53. The second-order valence-corrected chi connectivity index (χ2v) is 18.2. The Balaban J connectivity index is 1.36. The summed E-state index contributed by atoms with van der Waals surface area (Å²) in [5.74, 6) is 2.52. The normalized spacial score (nSPS) is 14.6. The number of nitrogens with one attached hydrogen (secondary N) is 2. The minimum atomic E-state index is -2.71. The fraction of sp³-hybridized carbons (Fsp3) is 0.462. The first-order valence-corrected chi connectivity index (χ1v) is 21.5. The van der Waals surface area contributed by atoms with Gasteiger partial charge in [-0.3, -0.25) is 4.90 Å². The summed E-state index contributed by atoms with van der Waals surface area (Å²) in [6.07, 6.45) is 4.84. The fourth-order valence-corrected chi connectivity index (χ4v) is 8.10. The van der Waals surface area contributed by atoms with Crippen molar-refractivity contribution in [1.29, 1.82) is 0 Å². The van der Waals surface area contributed by atoms with Gasteiger partial charge in [-0.1, -0.05) is 26.0 Å². The van der Waals surface area contributed by atoms with Crippen LogP contribution in [-0.2, 0) is 11.0 Å². The van der Waals surface area contributed by atoms with Gasteiger partial charge in [0.05, 0.1) is 28.7 Å². The van der Waals surface area contributed by atoms with Gasteiger partial charge in [-0.05, 0) is 91.5 Å². The molecule has 5 rings (SSSR count). The van der Waals surface area contributed by atoms with Crippen LogP contribution in [0.5, 0.6) is 5.75 Å². The van der Waals surface area contributed by atoms with Crippen molar-refractivity contribution < 1.29 is 9.30 Å². The van der Waals surface area contributed by atoms with Gasteiger partial charge in [0.1, 0.15) is 24.5 Å². The number of nitrogens with zero attached hydrogens (tertiary/aromatic N) is 7. The molecule has 1 atom stereocenters. The first-order valence-electron chi connectivity index (χ1n) is 18.1. The van der Waals surface area contributed by atoms with Crippen molar-refractivity contribution in [2.45, 2.75) is 39.2 Å². The van der Waals surface area contributed by atoms with Crippen molar-refractivity contribution >= 4 is 63.0 Å². The monoisotopic (exact) mass is 791 g/mol. The number of hydrogen-bond donors (Lipinski definition) is 2. The van der Waals surface area contributed by atoms with Gasteiger partial charge in [-0.15, -0.1) is 0 Å². The van der Waals surface area contributed by atoms with Crippen molar-refractivity contribution in [2.75, 3.05) is 102 Å². The summed E-state index contributed by atoms with van der Waals surface area (Å²) in [6, 6.07) is 16.6. The van der Waals surface area contributed by atoms with E-state index in [1.165, 1.54) is 11.3 Å². The number of halogens is 1. The average Bonchev–Trinajstić information content (AvgIpc) is 3.13. The zero-order chi connectivity index (χ0) is 37.6. The molecule has 4 aromatic rings. The Kier molecular flexibility index (Phi) is 13.2. The summed E-state index contributed by atoms with van der Waals surface area (Å²) in [5.41, 5.74) is 5.59. The summed E-state index contributed by atoms with van der Waals surface area (Å²) in [7, 11) is 7.30. The molecule has 0 aliphatic carbocycles. The molecule has 3 heterocycles. The molecule has 0 spiro atoms. The Bertz CT molecular complexity index is 1880. The maximum absolute atomic E-state index is 13.6. The van der Waals surface area contributed by atoms with E-state index in [0.717, 1.165) is 74.7 Å². The van der Waals surface area contributed by atoms with Gasteiger partial charge in [0.25, 0.3) is 0 Å². The Hall–Kier alpha value is -3.70. The summed E-state index contributed by atoms with van der Waals surface area (Å²) in [4.78, 5) is 23.6. The van der Waals surface area contributed by atoms with Gasteiger partial charge in [0.2, 0.25) is 5.95 Å². The van der Waals surface area contributed by atoms with Crippen LogP contribution in [0.1, 0.15) is 32.3 Å². The van der Waals surface area contributed by atoms with Crippen molar-refractivity contribution in [3.8, 4) is 17.0 Å². The molecule has 2 aromatic carbocycles. The molecule has 2 aromatic heterocycles. The van der Waals surface area contributed by atoms with Crippen molar-refractivity contribution in [3.05, 3.63) is 64.8 Å². The number of aryl methyl sites for hydroxylation is 1. The van der Waals surface area contributed by atoms with E-state index >= 15 is 0 Å². The van der Waals surface area contributed by atoms with Crippen LogP contribution >= 0.6 is 23.1 Å². The lowest BCUT2D eigenvalue weighted by molar-refractivity contribution is 0.105. The summed E-state index contributed by atoms with van der Waals surface area (Å²) in [6.45, 7) is 13.5. The van der Waals surface area contributed by atoms with Crippen LogP contribution in [0.15, 0.2) is 59.2 Å². The number of aromatic nitrogens is 3. The highest BCUT2D eigenvalue weighted by Gasteiger charge is 2.23. The average molecular weight is 793 g/mol. The maximum Gasteiger partial charge on any atom is 0.229 e. The number of hydrogen-bond acceptors (Lipinski definition) is 11. The highest BCUT2D eigenvalue weighted by atomic mass is 79.9. The highest BCUT2D eigenvalue weighted by molar-refractivity contribution is 9.10. The second-order valence-electron chi connectivity index (χ2n) is 14.1. The number of likely N-dealkylation sites (N-methyl/N-ethyl adjacent to an activating group) is 1. The number of methoxy groups -OCH3 is 1. The third-order valence-corrected chi connectivity index (χ3v) is 11.9. The Labute approximate surface area is 318 Å². The number of rotatable bonds is 15. The van der Waals surface area contributed by atoms with E-state index in [2.05, 4.69) is 86.3 Å². The minimum Gasteiger partial charge on any atom is -0.494 e. The summed E-state index contributed by atoms with van der Waals surface area (Å²) >= 11 is 3.62. The van der Waals surface area contributed by atoms with E-state index in [1.54, 1.807) is 26.6 Å². The lowest BCUT2D eigenvalue weighted by Gasteiger charge is -2.38. The lowest BCUT2D eigenvalue weighted by Crippen LogP contribution is -2.49. The molecule has 52 heavy (non-hydrogen) atoms. The fourth-order valence-electron chi connectivity index (χ4n) is 6.65. The van der Waals surface area contributed by atoms with Gasteiger partial charge in [0.15, 0.2) is 0 Å². The largest absolute Gasteiger partial charge is 0.494 e. The van der Waals surface area contributed by atoms with Gasteiger partial charge in [-0.25, -0.2) is 9.97 Å². The molecule has 1 aliphatic rings. The van der Waals surface area contributed by atoms with Crippen LogP contribution in [0, 0.1) is 0 Å². The van der Waals surface area contributed by atoms with E-state index in [0.29, 0.717) is 39.0 Å². The van der Waals surface area contributed by atoms with E-state index in [4.69, 9.17) is 14.7 Å². The van der Waals surface area contributed by atoms with Crippen LogP contribution in [0.2, 0.25) is 0 Å². The lowest BCUT2D eigenvalue weighted by atomic mass is 10.0. The number of benzene rings is 2. The van der Waals surface area contributed by atoms with Gasteiger partial charge in [0, 0.05) is 88.7 Å². The molecule has 11 nitrogen and oxygen atoms in total. The molecule has 0 saturated carbocycles. The van der Waals surface area contributed by atoms with E-state index in [1.807, 2.05) is 55.4 Å². The quantitative estimate of drug-likeness (QED) is 0.117. The van der Waals surface area contributed by atoms with Crippen molar-refractivity contribution in [2.24, 2.45) is 0 Å². The summed E-state index contributed by atoms with van der Waals surface area (Å²) < 4.78 is 20.2. The molecule has 2 N–H and O–H groups in total. The van der Waals surface area contributed by atoms with Gasteiger partial charge < -0.3 is 34.6 Å². The number of piperazine rings is 1. The zero-order valence-electron chi connectivity index (χ0n) is 32.2. The number of anilines is 6. The van der Waals surface area contributed by atoms with Gasteiger partial charge >= 0.3 is 0 Å². The predicted molar refractivity (Wildman–Crippen MR) is 223 cm³/mol. The molecular weight excluding hydrogens is 737 g/mol. The number of ether oxygens (including phenoxy) is 1. The molecule has 0 radical (unpaired) electrons. The molecular formula is C39H55BrN9O2P. The molecule has 0 amide bonds. The molecule has 0 bridgehead atoms. The van der Waals surface area contributed by atoms with Gasteiger partial charge in [-0.2, -0.15) is 4.98 Å². The molecule has 13 heteroatoms. The van der Waals surface area contributed by atoms with Crippen LogP contribution in [-0.4, -0.2) is 112 Å². The van der Waals surface area contributed by atoms with Crippen LogP contribution in [0.4, 0.5) is 34.6 Å². The van der Waals surface area contributed by atoms with Crippen LogP contribution in [0.25, 0.3) is 11.3 Å². The first kappa shape index (κ1) is 39.5. The van der Waals surface area contributed by atoms with Crippen molar-refractivity contribution in [1.82, 2.24) is 24.8 Å². The second kappa shape index (κ2) is 17.4. The van der Waals surface area contributed by atoms with E-state index in [-0.39, 0.29) is 0 Å². The zero-order valence-corrected chi connectivity index (χ0v) is 34.7. The third kappa shape index (κ3) is 9.64. The Morgan fingerprint density at radius 3 is 2.38 bits per heavy atom. The molecule has 1 fully saturated rings. The number of pyridine rings is 1. The molecule has 1 saturated heterocycles. The van der Waals surface area contributed by atoms with E-state index < -0.39 is 7.14 Å². The first-order chi connectivity index (χ1) is 24.8. The SMILES string of the molecule is CCc1cc(Nc2ncc(Br)c(Nc3ccc(-c4cccc(N(C)C)n4)cc3P(C)(C)=O)n2)c(OC)cc1N(C)CCC(CC)N1CCN(C)CC1. The molecule has 280 valence electrons. The highest BCUT2D eigenvalue weighted by Crippen LogP contribution is 2.41. The van der Waals surface area contributed by atoms with Crippen LogP contribution in [0.3, 0.4) is 0 Å². The topological polar surface area (TPSA) is 102 Å².